The summed E-state index contributed by atoms with van der Waals surface area (Å²) in [5.74, 6) is -0.0737. The highest BCUT2D eigenvalue weighted by Gasteiger charge is 2.22. The lowest BCUT2D eigenvalue weighted by atomic mass is 10.2. The molecule has 0 bridgehead atoms. The fraction of sp³-hybridized carbons (Fsp3) is 0.440. The van der Waals surface area contributed by atoms with Crippen LogP contribution in [0.15, 0.2) is 48.5 Å². The summed E-state index contributed by atoms with van der Waals surface area (Å²) in [5, 5.41) is 3.45. The van der Waals surface area contributed by atoms with Gasteiger partial charge in [-0.05, 0) is 42.3 Å². The third kappa shape index (κ3) is 8.02. The molecule has 6 nitrogen and oxygen atoms in total. The van der Waals surface area contributed by atoms with Gasteiger partial charge in [0.05, 0.1) is 0 Å². The fourth-order valence-corrected chi connectivity index (χ4v) is 3.99. The monoisotopic (exact) mass is 474 g/mol. The molecular weight excluding hydrogens is 443 g/mol. The summed E-state index contributed by atoms with van der Waals surface area (Å²) in [4.78, 5) is 31.2. The molecule has 1 heterocycles. The average Bonchev–Trinajstić information content (AvgIpc) is 2.81. The number of hydrogen-bond acceptors (Lipinski definition) is 3. The van der Waals surface area contributed by atoms with Crippen molar-refractivity contribution in [3.63, 3.8) is 0 Å². The summed E-state index contributed by atoms with van der Waals surface area (Å²) in [7, 11) is 0. The smallest absolute Gasteiger partial charge is 0.322 e. The Morgan fingerprint density at radius 2 is 1.82 bits per heavy atom. The van der Waals surface area contributed by atoms with Crippen molar-refractivity contribution in [2.45, 2.75) is 32.7 Å². The Bertz CT molecular complexity index is 917. The van der Waals surface area contributed by atoms with Crippen LogP contribution in [0.2, 0.25) is 5.02 Å². The molecule has 1 aliphatic rings. The molecule has 3 amide bonds. The van der Waals surface area contributed by atoms with E-state index in [4.69, 9.17) is 11.6 Å². The number of piperazine rings is 1. The van der Waals surface area contributed by atoms with Gasteiger partial charge in [0.1, 0.15) is 5.82 Å². The molecule has 0 atom stereocenters. The molecule has 3 rings (SSSR count). The molecule has 8 heteroatoms. The second kappa shape index (κ2) is 12.6. The van der Waals surface area contributed by atoms with Crippen LogP contribution in [0, 0.1) is 5.82 Å². The van der Waals surface area contributed by atoms with Crippen molar-refractivity contribution in [2.24, 2.45) is 0 Å². The number of nitrogens with one attached hydrogen (secondary N) is 1. The topological polar surface area (TPSA) is 55.9 Å². The molecule has 0 radical (unpaired) electrons. The Morgan fingerprint density at radius 1 is 1.09 bits per heavy atom. The predicted molar refractivity (Wildman–Crippen MR) is 130 cm³/mol. The lowest BCUT2D eigenvalue weighted by molar-refractivity contribution is -0.133. The summed E-state index contributed by atoms with van der Waals surface area (Å²) in [6, 6.07) is 13.0. The summed E-state index contributed by atoms with van der Waals surface area (Å²) in [6.07, 6.45) is 2.57. The Hall–Kier alpha value is -2.64. The number of carbonyl (C=O) groups excluding carboxylic acids is 2. The van der Waals surface area contributed by atoms with Crippen molar-refractivity contribution in [3.8, 4) is 0 Å². The van der Waals surface area contributed by atoms with E-state index in [1.54, 1.807) is 41.3 Å². The first kappa shape index (κ1) is 25.0. The number of nitrogens with zero attached hydrogens (tertiary/aromatic N) is 3. The molecule has 1 N–H and O–H groups in total. The average molecular weight is 475 g/mol. The highest BCUT2D eigenvalue weighted by atomic mass is 35.5. The van der Waals surface area contributed by atoms with Gasteiger partial charge in [-0.2, -0.15) is 0 Å². The molecule has 1 saturated heterocycles. The van der Waals surface area contributed by atoms with Gasteiger partial charge in [0.2, 0.25) is 5.91 Å². The summed E-state index contributed by atoms with van der Waals surface area (Å²) < 4.78 is 13.3. The number of anilines is 1. The third-order valence-corrected chi connectivity index (χ3v) is 6.04. The zero-order chi connectivity index (χ0) is 23.6. The minimum atomic E-state index is -0.306. The molecule has 0 spiro atoms. The van der Waals surface area contributed by atoms with E-state index in [2.05, 4.69) is 17.1 Å². The van der Waals surface area contributed by atoms with E-state index in [-0.39, 0.29) is 17.8 Å². The Kier molecular flexibility index (Phi) is 9.51. The van der Waals surface area contributed by atoms with Crippen molar-refractivity contribution in [2.75, 3.05) is 44.6 Å². The van der Waals surface area contributed by atoms with Crippen LogP contribution in [-0.4, -0.2) is 65.9 Å². The van der Waals surface area contributed by atoms with Crippen LogP contribution in [-0.2, 0) is 11.3 Å². The van der Waals surface area contributed by atoms with Crippen LogP contribution in [0.25, 0.3) is 0 Å². The molecule has 1 fully saturated rings. The highest BCUT2D eigenvalue weighted by Crippen LogP contribution is 2.16. The Balaban J connectivity index is 1.58. The van der Waals surface area contributed by atoms with Crippen molar-refractivity contribution in [3.05, 3.63) is 64.9 Å². The van der Waals surface area contributed by atoms with Gasteiger partial charge in [0.25, 0.3) is 0 Å². The first-order valence-electron chi connectivity index (χ1n) is 11.5. The van der Waals surface area contributed by atoms with Crippen LogP contribution in [0.4, 0.5) is 14.9 Å². The zero-order valence-electron chi connectivity index (χ0n) is 19.1. The van der Waals surface area contributed by atoms with Crippen LogP contribution >= 0.6 is 11.6 Å². The molecule has 33 heavy (non-hydrogen) atoms. The molecule has 2 aromatic carbocycles. The third-order valence-electron chi connectivity index (χ3n) is 5.81. The van der Waals surface area contributed by atoms with Gasteiger partial charge >= 0.3 is 6.03 Å². The zero-order valence-corrected chi connectivity index (χ0v) is 19.9. The van der Waals surface area contributed by atoms with Gasteiger partial charge in [-0.1, -0.05) is 43.1 Å². The molecule has 0 aliphatic carbocycles. The minimum absolute atomic E-state index is 0.232. The van der Waals surface area contributed by atoms with Crippen LogP contribution in [0.1, 0.15) is 31.7 Å². The molecule has 0 unspecified atom stereocenters. The van der Waals surface area contributed by atoms with E-state index >= 15 is 0 Å². The van der Waals surface area contributed by atoms with Gasteiger partial charge < -0.3 is 15.1 Å². The van der Waals surface area contributed by atoms with E-state index in [9.17, 15) is 14.0 Å². The molecule has 178 valence electrons. The quantitative estimate of drug-likeness (QED) is 0.565. The fourth-order valence-electron chi connectivity index (χ4n) is 3.80. The first-order valence-corrected chi connectivity index (χ1v) is 11.9. The Morgan fingerprint density at radius 3 is 2.48 bits per heavy atom. The van der Waals surface area contributed by atoms with Crippen LogP contribution in [0.3, 0.4) is 0 Å². The lowest BCUT2D eigenvalue weighted by Gasteiger charge is -2.36. The number of unbranched alkanes of at least 4 members (excludes halogenated alkanes) is 1. The Labute approximate surface area is 200 Å². The lowest BCUT2D eigenvalue weighted by Crippen LogP contribution is -2.50. The molecule has 0 saturated carbocycles. The number of hydrogen-bond donors (Lipinski definition) is 1. The number of urea groups is 1. The summed E-state index contributed by atoms with van der Waals surface area (Å²) in [6.45, 7) is 6.67. The van der Waals surface area contributed by atoms with Crippen molar-refractivity contribution in [1.29, 1.82) is 0 Å². The normalized spacial score (nSPS) is 14.2. The molecule has 0 aromatic heterocycles. The van der Waals surface area contributed by atoms with E-state index in [1.807, 2.05) is 4.90 Å². The first-order chi connectivity index (χ1) is 15.9. The van der Waals surface area contributed by atoms with Gasteiger partial charge in [0.15, 0.2) is 0 Å². The summed E-state index contributed by atoms with van der Waals surface area (Å²) >= 11 is 6.04. The van der Waals surface area contributed by atoms with Gasteiger partial charge in [-0.3, -0.25) is 9.69 Å². The van der Waals surface area contributed by atoms with Crippen LogP contribution in [0.5, 0.6) is 0 Å². The maximum absolute atomic E-state index is 13.3. The summed E-state index contributed by atoms with van der Waals surface area (Å²) in [5.41, 5.74) is 1.47. The van der Waals surface area contributed by atoms with Gasteiger partial charge in [-0.15, -0.1) is 0 Å². The number of halogens is 2. The van der Waals surface area contributed by atoms with E-state index < -0.39 is 0 Å². The highest BCUT2D eigenvalue weighted by molar-refractivity contribution is 6.30. The van der Waals surface area contributed by atoms with Gasteiger partial charge in [0, 0.05) is 62.9 Å². The number of amides is 3. The predicted octanol–water partition coefficient (Wildman–Crippen LogP) is 4.85. The minimum Gasteiger partial charge on any atom is -0.340 e. The van der Waals surface area contributed by atoms with E-state index in [1.165, 1.54) is 12.1 Å². The number of benzene rings is 2. The maximum Gasteiger partial charge on any atom is 0.322 e. The number of carbonyl (C=O) groups is 2. The van der Waals surface area contributed by atoms with Crippen LogP contribution < -0.4 is 5.32 Å². The van der Waals surface area contributed by atoms with Crippen molar-refractivity contribution >= 4 is 29.2 Å². The molecule has 2 aromatic rings. The van der Waals surface area contributed by atoms with Gasteiger partial charge in [-0.25, -0.2) is 9.18 Å². The van der Waals surface area contributed by atoms with Crippen molar-refractivity contribution < 1.29 is 14.0 Å². The second-order valence-electron chi connectivity index (χ2n) is 8.31. The maximum atomic E-state index is 13.3. The largest absolute Gasteiger partial charge is 0.340 e. The second-order valence-corrected chi connectivity index (χ2v) is 8.75. The molecule has 1 aliphatic heterocycles. The molecular formula is C25H32ClFN4O2. The van der Waals surface area contributed by atoms with Crippen molar-refractivity contribution in [1.82, 2.24) is 14.7 Å². The number of rotatable bonds is 9. The van der Waals surface area contributed by atoms with E-state index in [0.717, 1.165) is 44.6 Å². The standard InChI is InChI=1S/C25H32ClFN4O2/c1-2-3-7-24(32)30-15-12-29(13-16-30)14-17-31(19-20-8-10-22(27)11-9-20)25(33)28-23-6-4-5-21(26)18-23/h4-6,8-11,18H,2-3,7,12-17,19H2,1H3,(H,28,33). The SMILES string of the molecule is CCCCC(=O)N1CCN(CCN(Cc2ccc(F)cc2)C(=O)Nc2cccc(Cl)c2)CC1. The van der Waals surface area contributed by atoms with E-state index in [0.29, 0.717) is 36.8 Å².